The van der Waals surface area contributed by atoms with Gasteiger partial charge in [-0.25, -0.2) is 0 Å². The summed E-state index contributed by atoms with van der Waals surface area (Å²) in [5.74, 6) is 5.32. The Bertz CT molecular complexity index is 373. The first-order valence-corrected chi connectivity index (χ1v) is 5.29. The van der Waals surface area contributed by atoms with Crippen LogP contribution in [0.2, 0.25) is 0 Å². The molecule has 1 aromatic rings. The van der Waals surface area contributed by atoms with Gasteiger partial charge in [0.05, 0.1) is 0 Å². The van der Waals surface area contributed by atoms with Crippen LogP contribution in [0.3, 0.4) is 0 Å². The third-order valence-corrected chi connectivity index (χ3v) is 2.09. The summed E-state index contributed by atoms with van der Waals surface area (Å²) in [5, 5.41) is 8.45. The van der Waals surface area contributed by atoms with E-state index in [-0.39, 0.29) is 6.61 Å². The first-order valence-electron chi connectivity index (χ1n) is 5.29. The Labute approximate surface area is 97.2 Å². The molecule has 2 heteroatoms. The van der Waals surface area contributed by atoms with Crippen molar-refractivity contribution in [2.24, 2.45) is 0 Å². The average Bonchev–Trinajstić information content (AvgIpc) is 2.30. The minimum atomic E-state index is -0.0792. The molecule has 0 atom stereocenters. The predicted octanol–water partition coefficient (Wildman–Crippen LogP) is 1.67. The molecule has 0 amide bonds. The zero-order valence-electron chi connectivity index (χ0n) is 9.56. The number of aliphatic hydroxyl groups is 1. The molecule has 0 aliphatic carbocycles. The van der Waals surface area contributed by atoms with Gasteiger partial charge < -0.3 is 5.11 Å². The van der Waals surface area contributed by atoms with Gasteiger partial charge in [-0.2, -0.15) is 0 Å². The number of allylic oxidation sites excluding steroid dienone is 1. The fraction of sp³-hybridized carbons (Fsp3) is 0.286. The Morgan fingerprint density at radius 1 is 1.31 bits per heavy atom. The third kappa shape index (κ3) is 5.35. The fourth-order valence-corrected chi connectivity index (χ4v) is 1.36. The lowest BCUT2D eigenvalue weighted by molar-refractivity contribution is 0.350. The summed E-state index contributed by atoms with van der Waals surface area (Å²) in [6.07, 6.45) is 3.77. The van der Waals surface area contributed by atoms with Crippen LogP contribution in [0.25, 0.3) is 0 Å². The van der Waals surface area contributed by atoms with Gasteiger partial charge in [0.15, 0.2) is 0 Å². The number of likely N-dealkylation sites (N-methyl/N-ethyl adjacent to an activating group) is 1. The van der Waals surface area contributed by atoms with Crippen molar-refractivity contribution in [3.05, 3.63) is 48.0 Å². The summed E-state index contributed by atoms with van der Waals surface area (Å²) in [4.78, 5) is 2.20. The Kier molecular flexibility index (Phi) is 6.02. The van der Waals surface area contributed by atoms with Crippen LogP contribution in [0, 0.1) is 11.8 Å². The van der Waals surface area contributed by atoms with E-state index in [1.165, 1.54) is 5.56 Å². The molecular weight excluding hydrogens is 198 g/mol. The van der Waals surface area contributed by atoms with Crippen LogP contribution in [-0.2, 0) is 6.54 Å². The molecular formula is C14H17NO. The lowest BCUT2D eigenvalue weighted by Gasteiger charge is -2.13. The number of benzene rings is 1. The van der Waals surface area contributed by atoms with Gasteiger partial charge in [0.2, 0.25) is 0 Å². The molecule has 2 nitrogen and oxygen atoms in total. The zero-order chi connectivity index (χ0) is 11.6. The maximum atomic E-state index is 8.45. The van der Waals surface area contributed by atoms with Crippen molar-refractivity contribution in [1.82, 2.24) is 4.90 Å². The van der Waals surface area contributed by atoms with E-state index in [1.807, 2.05) is 24.3 Å². The van der Waals surface area contributed by atoms with Gasteiger partial charge in [-0.15, -0.1) is 0 Å². The van der Waals surface area contributed by atoms with E-state index in [0.717, 1.165) is 13.1 Å². The Morgan fingerprint density at radius 3 is 2.75 bits per heavy atom. The molecule has 0 aliphatic heterocycles. The van der Waals surface area contributed by atoms with Crippen LogP contribution in [0.5, 0.6) is 0 Å². The summed E-state index contributed by atoms with van der Waals surface area (Å²) >= 11 is 0. The topological polar surface area (TPSA) is 23.5 Å². The van der Waals surface area contributed by atoms with Gasteiger partial charge in [0.25, 0.3) is 0 Å². The van der Waals surface area contributed by atoms with E-state index in [0.29, 0.717) is 0 Å². The second kappa shape index (κ2) is 7.70. The Hall–Kier alpha value is -1.56. The van der Waals surface area contributed by atoms with E-state index in [1.54, 1.807) is 6.08 Å². The minimum Gasteiger partial charge on any atom is -0.384 e. The number of hydrogen-bond donors (Lipinski definition) is 1. The highest BCUT2D eigenvalue weighted by atomic mass is 16.2. The maximum absolute atomic E-state index is 8.45. The van der Waals surface area contributed by atoms with Crippen molar-refractivity contribution >= 4 is 0 Å². The van der Waals surface area contributed by atoms with Crippen LogP contribution in [0.4, 0.5) is 0 Å². The van der Waals surface area contributed by atoms with E-state index in [9.17, 15) is 0 Å². The van der Waals surface area contributed by atoms with Crippen molar-refractivity contribution in [2.75, 3.05) is 20.2 Å². The lowest BCUT2D eigenvalue weighted by atomic mass is 10.2. The smallest absolute Gasteiger partial charge is 0.104 e. The normalized spacial score (nSPS) is 10.4. The summed E-state index contributed by atoms with van der Waals surface area (Å²) in [6, 6.07) is 10.4. The number of rotatable bonds is 4. The van der Waals surface area contributed by atoms with Gasteiger partial charge in [-0.1, -0.05) is 48.2 Å². The van der Waals surface area contributed by atoms with Crippen molar-refractivity contribution in [3.63, 3.8) is 0 Å². The molecule has 1 N–H and O–H groups in total. The van der Waals surface area contributed by atoms with Gasteiger partial charge in [0.1, 0.15) is 6.61 Å². The van der Waals surface area contributed by atoms with Crippen LogP contribution < -0.4 is 0 Å². The molecule has 0 radical (unpaired) electrons. The van der Waals surface area contributed by atoms with Crippen molar-refractivity contribution in [3.8, 4) is 11.8 Å². The molecule has 1 rings (SSSR count). The van der Waals surface area contributed by atoms with Crippen LogP contribution in [0.15, 0.2) is 42.5 Å². The summed E-state index contributed by atoms with van der Waals surface area (Å²) < 4.78 is 0. The van der Waals surface area contributed by atoms with Gasteiger partial charge >= 0.3 is 0 Å². The standard InChI is InChI=1S/C14H17NO/c1-15(11-7-2-3-8-12-16)13-14-9-5-4-6-10-14/h2,4-7,9-10,16H,11-13H2,1H3/b7-2+. The SMILES string of the molecule is CN(C/C=C/C#CCO)Cc1ccccc1. The van der Waals surface area contributed by atoms with Gasteiger partial charge in [0, 0.05) is 13.1 Å². The van der Waals surface area contributed by atoms with Crippen LogP contribution in [-0.4, -0.2) is 30.2 Å². The van der Waals surface area contributed by atoms with Crippen molar-refractivity contribution < 1.29 is 5.11 Å². The molecule has 0 aromatic heterocycles. The van der Waals surface area contributed by atoms with Crippen LogP contribution >= 0.6 is 0 Å². The minimum absolute atomic E-state index is 0.0792. The van der Waals surface area contributed by atoms with E-state index < -0.39 is 0 Å². The molecule has 0 spiro atoms. The molecule has 1 aromatic carbocycles. The van der Waals surface area contributed by atoms with Crippen LogP contribution in [0.1, 0.15) is 5.56 Å². The summed E-state index contributed by atoms with van der Waals surface area (Å²) in [7, 11) is 2.07. The highest BCUT2D eigenvalue weighted by molar-refractivity contribution is 5.16. The monoisotopic (exact) mass is 215 g/mol. The summed E-state index contributed by atoms with van der Waals surface area (Å²) in [6.45, 7) is 1.71. The summed E-state index contributed by atoms with van der Waals surface area (Å²) in [5.41, 5.74) is 1.31. The highest BCUT2D eigenvalue weighted by Gasteiger charge is 1.96. The number of aliphatic hydroxyl groups excluding tert-OH is 1. The lowest BCUT2D eigenvalue weighted by Crippen LogP contribution is -2.17. The first-order chi connectivity index (χ1) is 7.83. The van der Waals surface area contributed by atoms with Gasteiger partial charge in [-0.05, 0) is 18.7 Å². The fourth-order valence-electron chi connectivity index (χ4n) is 1.36. The molecule has 0 unspecified atom stereocenters. The molecule has 16 heavy (non-hydrogen) atoms. The quantitative estimate of drug-likeness (QED) is 0.772. The molecule has 0 heterocycles. The predicted molar refractivity (Wildman–Crippen MR) is 66.8 cm³/mol. The van der Waals surface area contributed by atoms with Crippen molar-refractivity contribution in [1.29, 1.82) is 0 Å². The van der Waals surface area contributed by atoms with E-state index in [2.05, 4.69) is 35.9 Å². The number of nitrogens with zero attached hydrogens (tertiary/aromatic N) is 1. The largest absolute Gasteiger partial charge is 0.384 e. The molecule has 0 fully saturated rings. The van der Waals surface area contributed by atoms with Crippen molar-refractivity contribution in [2.45, 2.75) is 6.54 Å². The van der Waals surface area contributed by atoms with E-state index >= 15 is 0 Å². The highest BCUT2D eigenvalue weighted by Crippen LogP contribution is 2.01. The Balaban J connectivity index is 2.31. The Morgan fingerprint density at radius 2 is 2.06 bits per heavy atom. The molecule has 84 valence electrons. The maximum Gasteiger partial charge on any atom is 0.104 e. The molecule has 0 aliphatic rings. The van der Waals surface area contributed by atoms with E-state index in [4.69, 9.17) is 5.11 Å². The third-order valence-electron chi connectivity index (χ3n) is 2.09. The first kappa shape index (κ1) is 12.5. The molecule has 0 bridgehead atoms. The number of hydrogen-bond acceptors (Lipinski definition) is 2. The zero-order valence-corrected chi connectivity index (χ0v) is 9.56. The average molecular weight is 215 g/mol. The second-order valence-electron chi connectivity index (χ2n) is 3.56. The second-order valence-corrected chi connectivity index (χ2v) is 3.56. The molecule has 0 saturated carbocycles. The molecule has 0 saturated heterocycles. The van der Waals surface area contributed by atoms with Gasteiger partial charge in [-0.3, -0.25) is 4.90 Å².